The maximum absolute atomic E-state index is 13.4. The predicted molar refractivity (Wildman–Crippen MR) is 50.5 cm³/mol. The maximum Gasteiger partial charge on any atom is 0.320 e. The van der Waals surface area contributed by atoms with E-state index in [0.717, 1.165) is 0 Å². The van der Waals surface area contributed by atoms with E-state index in [9.17, 15) is 9.18 Å². The molecule has 1 aromatic carbocycles. The fourth-order valence-corrected chi connectivity index (χ4v) is 1.19. The summed E-state index contributed by atoms with van der Waals surface area (Å²) < 4.78 is 13.4. The van der Waals surface area contributed by atoms with Gasteiger partial charge in [-0.3, -0.25) is 4.79 Å². The van der Waals surface area contributed by atoms with E-state index in [0.29, 0.717) is 11.1 Å². The van der Waals surface area contributed by atoms with Gasteiger partial charge in [0.05, 0.1) is 0 Å². The zero-order chi connectivity index (χ0) is 10.7. The topological polar surface area (TPSA) is 63.3 Å². The summed E-state index contributed by atoms with van der Waals surface area (Å²) in [6.45, 7) is 1.63. The van der Waals surface area contributed by atoms with Crippen molar-refractivity contribution in [2.75, 3.05) is 0 Å². The Morgan fingerprint density at radius 1 is 1.64 bits per heavy atom. The predicted octanol–water partition coefficient (Wildman–Crippen LogP) is 1.09. The summed E-state index contributed by atoms with van der Waals surface area (Å²) in [5, 5.41) is 8.56. The number of aliphatic carboxylic acids is 1. The van der Waals surface area contributed by atoms with Crippen molar-refractivity contribution in [3.63, 3.8) is 0 Å². The third-order valence-corrected chi connectivity index (χ3v) is 2.03. The highest BCUT2D eigenvalue weighted by molar-refractivity contribution is 5.73. The first-order valence-electron chi connectivity index (χ1n) is 4.24. The second-order valence-electron chi connectivity index (χ2n) is 3.20. The van der Waals surface area contributed by atoms with Crippen molar-refractivity contribution < 1.29 is 14.3 Å². The van der Waals surface area contributed by atoms with Gasteiger partial charge in [-0.1, -0.05) is 18.2 Å². The summed E-state index contributed by atoms with van der Waals surface area (Å²) in [5.41, 5.74) is 6.15. The highest BCUT2D eigenvalue weighted by Gasteiger charge is 2.15. The van der Waals surface area contributed by atoms with Crippen LogP contribution in [0.4, 0.5) is 4.39 Å². The highest BCUT2D eigenvalue weighted by Crippen LogP contribution is 2.13. The number of hydrogen-bond acceptors (Lipinski definition) is 2. The minimum absolute atomic E-state index is 0.0167. The molecule has 0 bridgehead atoms. The standard InChI is InChI=1S/C10H12FNO2/c1-6-3-2-4-7(9(6)11)5-8(12)10(13)14/h2-4,8H,5,12H2,1H3,(H,13,14)/t8-/m0/s1. The number of benzene rings is 1. The molecule has 1 rings (SSSR count). The van der Waals surface area contributed by atoms with E-state index in [2.05, 4.69) is 0 Å². The van der Waals surface area contributed by atoms with Gasteiger partial charge in [0.15, 0.2) is 0 Å². The first-order valence-corrected chi connectivity index (χ1v) is 4.24. The van der Waals surface area contributed by atoms with E-state index in [1.165, 1.54) is 0 Å². The smallest absolute Gasteiger partial charge is 0.320 e. The average Bonchev–Trinajstić information content (AvgIpc) is 2.12. The number of nitrogens with two attached hydrogens (primary N) is 1. The fourth-order valence-electron chi connectivity index (χ4n) is 1.19. The average molecular weight is 197 g/mol. The van der Waals surface area contributed by atoms with Gasteiger partial charge in [-0.2, -0.15) is 0 Å². The van der Waals surface area contributed by atoms with Crippen molar-refractivity contribution in [1.82, 2.24) is 0 Å². The Morgan fingerprint density at radius 3 is 2.86 bits per heavy atom. The molecule has 0 aliphatic heterocycles. The molecule has 0 aliphatic rings. The highest BCUT2D eigenvalue weighted by atomic mass is 19.1. The van der Waals surface area contributed by atoms with E-state index in [1.54, 1.807) is 25.1 Å². The number of halogens is 1. The Morgan fingerprint density at radius 2 is 2.29 bits per heavy atom. The SMILES string of the molecule is Cc1cccc(C[C@H](N)C(=O)O)c1F. The largest absolute Gasteiger partial charge is 0.480 e. The third kappa shape index (κ3) is 2.29. The Hall–Kier alpha value is -1.42. The van der Waals surface area contributed by atoms with Crippen LogP contribution in [0.1, 0.15) is 11.1 Å². The van der Waals surface area contributed by atoms with Crippen LogP contribution < -0.4 is 5.73 Å². The number of carbonyl (C=O) groups is 1. The van der Waals surface area contributed by atoms with E-state index in [4.69, 9.17) is 10.8 Å². The summed E-state index contributed by atoms with van der Waals surface area (Å²) >= 11 is 0. The van der Waals surface area contributed by atoms with E-state index < -0.39 is 12.0 Å². The van der Waals surface area contributed by atoms with Crippen LogP contribution in [0.2, 0.25) is 0 Å². The second-order valence-corrected chi connectivity index (χ2v) is 3.20. The third-order valence-electron chi connectivity index (χ3n) is 2.03. The van der Waals surface area contributed by atoms with E-state index in [1.807, 2.05) is 0 Å². The molecule has 0 aliphatic carbocycles. The van der Waals surface area contributed by atoms with Crippen molar-refractivity contribution in [3.05, 3.63) is 35.1 Å². The molecular formula is C10H12FNO2. The molecule has 14 heavy (non-hydrogen) atoms. The van der Waals surface area contributed by atoms with Crippen LogP contribution in [0.5, 0.6) is 0 Å². The molecule has 1 aromatic rings. The summed E-state index contributed by atoms with van der Waals surface area (Å²) in [4.78, 5) is 10.5. The Kier molecular flexibility index (Phi) is 3.19. The minimum atomic E-state index is -1.12. The molecule has 3 N–H and O–H groups in total. The normalized spacial score (nSPS) is 12.5. The van der Waals surface area contributed by atoms with Crippen molar-refractivity contribution in [2.24, 2.45) is 5.73 Å². The summed E-state index contributed by atoms with van der Waals surface area (Å²) in [6.07, 6.45) is 0.0167. The Labute approximate surface area is 81.4 Å². The number of carboxylic acid groups (broad SMARTS) is 1. The quantitative estimate of drug-likeness (QED) is 0.762. The van der Waals surface area contributed by atoms with Gasteiger partial charge in [-0.25, -0.2) is 4.39 Å². The van der Waals surface area contributed by atoms with Crippen LogP contribution in [-0.4, -0.2) is 17.1 Å². The van der Waals surface area contributed by atoms with Crippen molar-refractivity contribution in [2.45, 2.75) is 19.4 Å². The molecular weight excluding hydrogens is 185 g/mol. The molecule has 0 radical (unpaired) electrons. The summed E-state index contributed by atoms with van der Waals surface area (Å²) in [6, 6.07) is 3.81. The molecule has 0 fully saturated rings. The van der Waals surface area contributed by atoms with Gasteiger partial charge in [0.1, 0.15) is 11.9 Å². The van der Waals surface area contributed by atoms with Crippen molar-refractivity contribution >= 4 is 5.97 Å². The number of hydrogen-bond donors (Lipinski definition) is 2. The zero-order valence-corrected chi connectivity index (χ0v) is 7.83. The molecule has 0 heterocycles. The van der Waals surface area contributed by atoms with Gasteiger partial charge in [0, 0.05) is 6.42 Å². The molecule has 0 saturated carbocycles. The van der Waals surface area contributed by atoms with Gasteiger partial charge < -0.3 is 10.8 Å². The summed E-state index contributed by atoms with van der Waals surface area (Å²) in [5.74, 6) is -1.49. The van der Waals surface area contributed by atoms with Crippen LogP contribution in [0.15, 0.2) is 18.2 Å². The molecule has 1 atom stereocenters. The monoisotopic (exact) mass is 197 g/mol. The zero-order valence-electron chi connectivity index (χ0n) is 7.83. The lowest BCUT2D eigenvalue weighted by Crippen LogP contribution is -2.32. The van der Waals surface area contributed by atoms with E-state index in [-0.39, 0.29) is 12.2 Å². The van der Waals surface area contributed by atoms with Crippen molar-refractivity contribution in [1.29, 1.82) is 0 Å². The maximum atomic E-state index is 13.4. The fraction of sp³-hybridized carbons (Fsp3) is 0.300. The first kappa shape index (κ1) is 10.7. The Balaban J connectivity index is 2.87. The molecule has 3 nitrogen and oxygen atoms in total. The lowest BCUT2D eigenvalue weighted by atomic mass is 10.0. The van der Waals surface area contributed by atoms with E-state index >= 15 is 0 Å². The molecule has 76 valence electrons. The number of rotatable bonds is 3. The molecule has 0 amide bonds. The number of aryl methyl sites for hydroxylation is 1. The van der Waals surface area contributed by atoms with Gasteiger partial charge >= 0.3 is 5.97 Å². The molecule has 0 unspecified atom stereocenters. The molecule has 0 spiro atoms. The van der Waals surface area contributed by atoms with Gasteiger partial charge in [-0.15, -0.1) is 0 Å². The summed E-state index contributed by atoms with van der Waals surface area (Å²) in [7, 11) is 0. The van der Waals surface area contributed by atoms with Crippen LogP contribution in [0.3, 0.4) is 0 Å². The van der Waals surface area contributed by atoms with Crippen molar-refractivity contribution in [3.8, 4) is 0 Å². The van der Waals surface area contributed by atoms with Gasteiger partial charge in [0.25, 0.3) is 0 Å². The van der Waals surface area contributed by atoms with Crippen LogP contribution >= 0.6 is 0 Å². The number of carboxylic acids is 1. The second kappa shape index (κ2) is 4.19. The van der Waals surface area contributed by atoms with Crippen LogP contribution in [0.25, 0.3) is 0 Å². The minimum Gasteiger partial charge on any atom is -0.480 e. The van der Waals surface area contributed by atoms with Crippen LogP contribution in [0, 0.1) is 12.7 Å². The lowest BCUT2D eigenvalue weighted by Gasteiger charge is -2.08. The van der Waals surface area contributed by atoms with Crippen LogP contribution in [-0.2, 0) is 11.2 Å². The molecule has 0 saturated heterocycles. The molecule has 0 aromatic heterocycles. The lowest BCUT2D eigenvalue weighted by molar-refractivity contribution is -0.138. The Bertz CT molecular complexity index is 352. The molecule has 4 heteroatoms. The van der Waals surface area contributed by atoms with Gasteiger partial charge in [0.2, 0.25) is 0 Å². The van der Waals surface area contributed by atoms with Gasteiger partial charge in [-0.05, 0) is 18.1 Å². The first-order chi connectivity index (χ1) is 6.52.